The molecular formula is C12H16N4. The van der Waals surface area contributed by atoms with E-state index >= 15 is 0 Å². The Balaban J connectivity index is 2.41. The Morgan fingerprint density at radius 2 is 1.81 bits per heavy atom. The van der Waals surface area contributed by atoms with E-state index in [1.165, 1.54) is 0 Å². The number of rotatable bonds is 2. The van der Waals surface area contributed by atoms with E-state index in [4.69, 9.17) is 5.73 Å². The maximum Gasteiger partial charge on any atom is 0.181 e. The zero-order valence-corrected chi connectivity index (χ0v) is 9.81. The highest BCUT2D eigenvalue weighted by molar-refractivity contribution is 5.58. The van der Waals surface area contributed by atoms with Crippen LogP contribution in [0.2, 0.25) is 0 Å². The number of nitrogens with two attached hydrogens (primary N) is 1. The minimum absolute atomic E-state index is 0.375. The first kappa shape index (κ1) is 10.7. The summed E-state index contributed by atoms with van der Waals surface area (Å²) in [7, 11) is 1.92. The van der Waals surface area contributed by atoms with Crippen LogP contribution in [0, 0.1) is 0 Å². The summed E-state index contributed by atoms with van der Waals surface area (Å²) < 4.78 is 1.83. The van der Waals surface area contributed by atoms with Gasteiger partial charge in [0.15, 0.2) is 5.82 Å². The molecule has 2 aromatic rings. The van der Waals surface area contributed by atoms with Gasteiger partial charge in [-0.15, -0.1) is 0 Å². The van der Waals surface area contributed by atoms with Crippen molar-refractivity contribution in [3.63, 3.8) is 0 Å². The van der Waals surface area contributed by atoms with Gasteiger partial charge in [-0.2, -0.15) is 5.10 Å². The molecule has 0 aliphatic heterocycles. The van der Waals surface area contributed by atoms with Gasteiger partial charge in [0, 0.05) is 24.2 Å². The third-order valence-electron chi connectivity index (χ3n) is 2.48. The average Bonchev–Trinajstić information content (AvgIpc) is 2.61. The molecular weight excluding hydrogens is 200 g/mol. The zero-order valence-electron chi connectivity index (χ0n) is 9.81. The lowest BCUT2D eigenvalue weighted by Gasteiger charge is -2.00. The first-order valence-electron chi connectivity index (χ1n) is 5.35. The van der Waals surface area contributed by atoms with E-state index in [9.17, 15) is 0 Å². The summed E-state index contributed by atoms with van der Waals surface area (Å²) in [4.78, 5) is 4.52. The van der Waals surface area contributed by atoms with Crippen LogP contribution < -0.4 is 5.73 Å². The molecule has 0 aliphatic rings. The van der Waals surface area contributed by atoms with Gasteiger partial charge in [0.1, 0.15) is 5.82 Å². The Hall–Kier alpha value is -1.84. The second-order valence-corrected chi connectivity index (χ2v) is 4.19. The van der Waals surface area contributed by atoms with E-state index < -0.39 is 0 Å². The lowest BCUT2D eigenvalue weighted by Crippen LogP contribution is -2.00. The highest BCUT2D eigenvalue weighted by atomic mass is 15.3. The van der Waals surface area contributed by atoms with Crippen molar-refractivity contribution in [1.29, 1.82) is 0 Å². The van der Waals surface area contributed by atoms with Gasteiger partial charge < -0.3 is 5.73 Å². The molecule has 0 unspecified atom stereocenters. The van der Waals surface area contributed by atoms with Crippen molar-refractivity contribution in [2.75, 3.05) is 5.73 Å². The minimum atomic E-state index is 0.375. The number of nitrogens with zero attached hydrogens (tertiary/aromatic N) is 3. The average molecular weight is 216 g/mol. The zero-order chi connectivity index (χ0) is 11.7. The van der Waals surface area contributed by atoms with Gasteiger partial charge >= 0.3 is 0 Å². The van der Waals surface area contributed by atoms with Gasteiger partial charge in [0.05, 0.1) is 0 Å². The molecule has 0 amide bonds. The maximum atomic E-state index is 5.64. The fraction of sp³-hybridized carbons (Fsp3) is 0.333. The van der Waals surface area contributed by atoms with Gasteiger partial charge in [-0.3, -0.25) is 4.68 Å². The van der Waals surface area contributed by atoms with Gasteiger partial charge in [0.2, 0.25) is 0 Å². The molecule has 1 heterocycles. The van der Waals surface area contributed by atoms with Crippen molar-refractivity contribution >= 4 is 5.69 Å². The SMILES string of the molecule is CC(C)c1nc(-c2ccc(N)cc2)nn1C. The summed E-state index contributed by atoms with van der Waals surface area (Å²) in [5, 5.41) is 4.40. The molecule has 0 spiro atoms. The van der Waals surface area contributed by atoms with Gasteiger partial charge in [-0.25, -0.2) is 4.98 Å². The van der Waals surface area contributed by atoms with E-state index in [0.717, 1.165) is 22.9 Å². The summed E-state index contributed by atoms with van der Waals surface area (Å²) in [6.07, 6.45) is 0. The van der Waals surface area contributed by atoms with Crippen LogP contribution in [-0.4, -0.2) is 14.8 Å². The molecule has 0 fully saturated rings. The topological polar surface area (TPSA) is 56.7 Å². The van der Waals surface area contributed by atoms with Crippen LogP contribution in [-0.2, 0) is 7.05 Å². The van der Waals surface area contributed by atoms with Crippen LogP contribution in [0.25, 0.3) is 11.4 Å². The number of anilines is 1. The fourth-order valence-corrected chi connectivity index (χ4v) is 1.65. The van der Waals surface area contributed by atoms with Gasteiger partial charge in [-0.05, 0) is 24.3 Å². The van der Waals surface area contributed by atoms with E-state index in [1.54, 1.807) is 0 Å². The summed E-state index contributed by atoms with van der Waals surface area (Å²) in [6.45, 7) is 4.22. The summed E-state index contributed by atoms with van der Waals surface area (Å²) >= 11 is 0. The third-order valence-corrected chi connectivity index (χ3v) is 2.48. The normalized spacial score (nSPS) is 11.0. The molecule has 0 saturated heterocycles. The van der Waals surface area contributed by atoms with Crippen LogP contribution in [0.1, 0.15) is 25.6 Å². The first-order chi connectivity index (χ1) is 7.58. The van der Waals surface area contributed by atoms with E-state index in [-0.39, 0.29) is 0 Å². The van der Waals surface area contributed by atoms with Crippen LogP contribution in [0.3, 0.4) is 0 Å². The van der Waals surface area contributed by atoms with E-state index in [1.807, 2.05) is 36.0 Å². The maximum absolute atomic E-state index is 5.64. The monoisotopic (exact) mass is 216 g/mol. The number of hydrogen-bond acceptors (Lipinski definition) is 3. The lowest BCUT2D eigenvalue weighted by atomic mass is 10.2. The third kappa shape index (κ3) is 1.91. The molecule has 1 aromatic carbocycles. The number of nitrogen functional groups attached to an aromatic ring is 1. The van der Waals surface area contributed by atoms with Crippen molar-refractivity contribution in [2.24, 2.45) is 7.05 Å². The Bertz CT molecular complexity index is 482. The Morgan fingerprint density at radius 1 is 1.19 bits per heavy atom. The number of aromatic nitrogens is 3. The summed E-state index contributed by atoms with van der Waals surface area (Å²) in [5.74, 6) is 2.12. The first-order valence-corrected chi connectivity index (χ1v) is 5.35. The fourth-order valence-electron chi connectivity index (χ4n) is 1.65. The number of benzene rings is 1. The largest absolute Gasteiger partial charge is 0.399 e. The van der Waals surface area contributed by atoms with Crippen molar-refractivity contribution in [3.05, 3.63) is 30.1 Å². The van der Waals surface area contributed by atoms with Gasteiger partial charge in [-0.1, -0.05) is 13.8 Å². The molecule has 0 radical (unpaired) electrons. The second-order valence-electron chi connectivity index (χ2n) is 4.19. The Labute approximate surface area is 95.1 Å². The van der Waals surface area contributed by atoms with Crippen LogP contribution in [0.15, 0.2) is 24.3 Å². The van der Waals surface area contributed by atoms with Gasteiger partial charge in [0.25, 0.3) is 0 Å². The predicted octanol–water partition coefficient (Wildman–Crippen LogP) is 2.19. The van der Waals surface area contributed by atoms with Crippen LogP contribution in [0.5, 0.6) is 0 Å². The number of hydrogen-bond donors (Lipinski definition) is 1. The molecule has 0 bridgehead atoms. The standard InChI is InChI=1S/C12H16N4/c1-8(2)12-14-11(15-16(12)3)9-4-6-10(13)7-5-9/h4-8H,13H2,1-3H3. The second kappa shape index (κ2) is 3.96. The summed E-state index contributed by atoms with van der Waals surface area (Å²) in [6, 6.07) is 7.60. The molecule has 4 heteroatoms. The van der Waals surface area contributed by atoms with E-state index in [0.29, 0.717) is 5.92 Å². The van der Waals surface area contributed by atoms with E-state index in [2.05, 4.69) is 23.9 Å². The van der Waals surface area contributed by atoms with Crippen molar-refractivity contribution in [3.8, 4) is 11.4 Å². The minimum Gasteiger partial charge on any atom is -0.399 e. The summed E-state index contributed by atoms with van der Waals surface area (Å²) in [5.41, 5.74) is 7.39. The van der Waals surface area contributed by atoms with Crippen molar-refractivity contribution in [1.82, 2.24) is 14.8 Å². The molecule has 0 atom stereocenters. The molecule has 16 heavy (non-hydrogen) atoms. The quantitative estimate of drug-likeness (QED) is 0.783. The molecule has 84 valence electrons. The highest BCUT2D eigenvalue weighted by Crippen LogP contribution is 2.19. The molecule has 0 aliphatic carbocycles. The smallest absolute Gasteiger partial charge is 0.181 e. The molecule has 4 nitrogen and oxygen atoms in total. The predicted molar refractivity (Wildman–Crippen MR) is 64.9 cm³/mol. The Morgan fingerprint density at radius 3 is 2.31 bits per heavy atom. The number of aryl methyl sites for hydroxylation is 1. The molecule has 2 N–H and O–H groups in total. The van der Waals surface area contributed by atoms with Crippen molar-refractivity contribution in [2.45, 2.75) is 19.8 Å². The van der Waals surface area contributed by atoms with Crippen LogP contribution in [0.4, 0.5) is 5.69 Å². The highest BCUT2D eigenvalue weighted by Gasteiger charge is 2.11. The van der Waals surface area contributed by atoms with Crippen LogP contribution >= 0.6 is 0 Å². The Kier molecular flexibility index (Phi) is 2.64. The lowest BCUT2D eigenvalue weighted by molar-refractivity contribution is 0.655. The van der Waals surface area contributed by atoms with Crippen molar-refractivity contribution < 1.29 is 0 Å². The molecule has 0 saturated carbocycles. The molecule has 1 aromatic heterocycles. The molecule has 2 rings (SSSR count).